The van der Waals surface area contributed by atoms with E-state index in [4.69, 9.17) is 10.5 Å². The van der Waals surface area contributed by atoms with Crippen molar-refractivity contribution in [3.8, 4) is 0 Å². The van der Waals surface area contributed by atoms with Crippen LogP contribution < -0.4 is 10.6 Å². The quantitative estimate of drug-likeness (QED) is 0.734. The van der Waals surface area contributed by atoms with Gasteiger partial charge in [0.2, 0.25) is 5.95 Å². The van der Waals surface area contributed by atoms with Crippen molar-refractivity contribution in [3.63, 3.8) is 0 Å². The average molecular weight is 238 g/mol. The number of nitrogens with zero attached hydrogens (tertiary/aromatic N) is 3. The Morgan fingerprint density at radius 2 is 2.41 bits per heavy atom. The van der Waals surface area contributed by atoms with Gasteiger partial charge in [0.05, 0.1) is 31.6 Å². The smallest absolute Gasteiger partial charge is 0.226 e. The van der Waals surface area contributed by atoms with Crippen LogP contribution in [0.5, 0.6) is 0 Å². The lowest BCUT2D eigenvalue weighted by molar-refractivity contribution is 0.0718. The van der Waals surface area contributed by atoms with Gasteiger partial charge in [-0.15, -0.1) is 0 Å². The fourth-order valence-corrected chi connectivity index (χ4v) is 1.92. The Bertz CT molecular complexity index is 386. The van der Waals surface area contributed by atoms with Crippen molar-refractivity contribution in [3.05, 3.63) is 17.5 Å². The molecule has 2 rings (SSSR count). The van der Waals surface area contributed by atoms with Gasteiger partial charge in [-0.1, -0.05) is 0 Å². The van der Waals surface area contributed by atoms with E-state index in [0.29, 0.717) is 32.3 Å². The molecular formula is C11H18N4O2. The summed E-state index contributed by atoms with van der Waals surface area (Å²) in [7, 11) is 0. The largest absolute Gasteiger partial charge is 0.394 e. The normalized spacial score (nSPS) is 20.6. The van der Waals surface area contributed by atoms with Gasteiger partial charge in [0, 0.05) is 18.8 Å². The second kappa shape index (κ2) is 5.39. The topological polar surface area (TPSA) is 84.5 Å². The summed E-state index contributed by atoms with van der Waals surface area (Å²) in [6.07, 6.45) is 0. The molecule has 1 saturated heterocycles. The number of aryl methyl sites for hydroxylation is 1. The van der Waals surface area contributed by atoms with Crippen LogP contribution in [0.3, 0.4) is 0 Å². The van der Waals surface area contributed by atoms with Crippen molar-refractivity contribution in [1.82, 2.24) is 9.97 Å². The van der Waals surface area contributed by atoms with E-state index in [0.717, 1.165) is 11.4 Å². The fraction of sp³-hybridized carbons (Fsp3) is 0.636. The molecule has 0 radical (unpaired) electrons. The zero-order valence-corrected chi connectivity index (χ0v) is 9.96. The van der Waals surface area contributed by atoms with E-state index in [-0.39, 0.29) is 12.6 Å². The SMILES string of the molecule is Cc1cc(CN)nc(N2CCOCC2CO)n1. The molecule has 1 aliphatic rings. The molecular weight excluding hydrogens is 220 g/mol. The molecule has 1 atom stereocenters. The second-order valence-corrected chi connectivity index (χ2v) is 4.11. The van der Waals surface area contributed by atoms with Crippen LogP contribution in [-0.4, -0.2) is 47.5 Å². The molecule has 17 heavy (non-hydrogen) atoms. The van der Waals surface area contributed by atoms with Gasteiger partial charge in [-0.05, 0) is 13.0 Å². The predicted molar refractivity (Wildman–Crippen MR) is 63.7 cm³/mol. The number of aromatic nitrogens is 2. The maximum atomic E-state index is 9.32. The molecule has 1 fully saturated rings. The van der Waals surface area contributed by atoms with Gasteiger partial charge in [0.1, 0.15) is 0 Å². The molecule has 3 N–H and O–H groups in total. The molecule has 94 valence electrons. The number of rotatable bonds is 3. The van der Waals surface area contributed by atoms with Crippen molar-refractivity contribution in [2.45, 2.75) is 19.5 Å². The Hall–Kier alpha value is -1.24. The molecule has 0 aromatic carbocycles. The summed E-state index contributed by atoms with van der Waals surface area (Å²) in [5.74, 6) is 0.632. The maximum absolute atomic E-state index is 9.32. The standard InChI is InChI=1S/C11H18N4O2/c1-8-4-9(5-12)14-11(13-8)15-2-3-17-7-10(15)6-16/h4,10,16H,2-3,5-7,12H2,1H3. The number of hydrogen-bond donors (Lipinski definition) is 2. The Morgan fingerprint density at radius 1 is 1.59 bits per heavy atom. The van der Waals surface area contributed by atoms with Crippen LogP contribution in [-0.2, 0) is 11.3 Å². The van der Waals surface area contributed by atoms with Gasteiger partial charge in [-0.25, -0.2) is 9.97 Å². The summed E-state index contributed by atoms with van der Waals surface area (Å²) in [4.78, 5) is 10.8. The predicted octanol–water partition coefficient (Wildman–Crippen LogP) is -0.559. The summed E-state index contributed by atoms with van der Waals surface area (Å²) < 4.78 is 5.33. The number of morpholine rings is 1. The number of hydrogen-bond acceptors (Lipinski definition) is 6. The molecule has 2 heterocycles. The minimum atomic E-state index is -0.0730. The second-order valence-electron chi connectivity index (χ2n) is 4.11. The molecule has 6 heteroatoms. The van der Waals surface area contributed by atoms with Crippen LogP contribution in [0.4, 0.5) is 5.95 Å². The first kappa shape index (κ1) is 12.2. The number of aliphatic hydroxyl groups is 1. The van der Waals surface area contributed by atoms with Gasteiger partial charge in [0.15, 0.2) is 0 Å². The number of aliphatic hydroxyl groups excluding tert-OH is 1. The van der Waals surface area contributed by atoms with E-state index in [1.807, 2.05) is 17.9 Å². The first-order valence-electron chi connectivity index (χ1n) is 5.74. The third kappa shape index (κ3) is 2.71. The zero-order valence-electron chi connectivity index (χ0n) is 9.96. The molecule has 1 aromatic rings. The third-order valence-electron chi connectivity index (χ3n) is 2.80. The minimum Gasteiger partial charge on any atom is -0.394 e. The zero-order chi connectivity index (χ0) is 12.3. The highest BCUT2D eigenvalue weighted by molar-refractivity contribution is 5.34. The van der Waals surface area contributed by atoms with E-state index in [1.165, 1.54) is 0 Å². The monoisotopic (exact) mass is 238 g/mol. The Labute approximate surface area is 100 Å². The van der Waals surface area contributed by atoms with Crippen LogP contribution in [0.15, 0.2) is 6.07 Å². The summed E-state index contributed by atoms with van der Waals surface area (Å²) in [6, 6.07) is 1.80. The summed E-state index contributed by atoms with van der Waals surface area (Å²) in [6.45, 7) is 4.18. The van der Waals surface area contributed by atoms with Crippen LogP contribution in [0.1, 0.15) is 11.4 Å². The van der Waals surface area contributed by atoms with Gasteiger partial charge in [-0.3, -0.25) is 0 Å². The highest BCUT2D eigenvalue weighted by Gasteiger charge is 2.24. The van der Waals surface area contributed by atoms with Gasteiger partial charge < -0.3 is 20.5 Å². The number of nitrogens with two attached hydrogens (primary N) is 1. The van der Waals surface area contributed by atoms with E-state index in [2.05, 4.69) is 9.97 Å². The lowest BCUT2D eigenvalue weighted by Crippen LogP contribution is -2.48. The third-order valence-corrected chi connectivity index (χ3v) is 2.80. The van der Waals surface area contributed by atoms with Crippen molar-refractivity contribution in [2.75, 3.05) is 31.3 Å². The van der Waals surface area contributed by atoms with Crippen LogP contribution in [0, 0.1) is 6.92 Å². The van der Waals surface area contributed by atoms with Crippen LogP contribution in [0.25, 0.3) is 0 Å². The van der Waals surface area contributed by atoms with E-state index < -0.39 is 0 Å². The van der Waals surface area contributed by atoms with E-state index in [1.54, 1.807) is 0 Å². The average Bonchev–Trinajstić information content (AvgIpc) is 2.37. The molecule has 1 unspecified atom stereocenters. The molecule has 1 aliphatic heterocycles. The number of anilines is 1. The van der Waals surface area contributed by atoms with Crippen molar-refractivity contribution < 1.29 is 9.84 Å². The molecule has 0 spiro atoms. The Balaban J connectivity index is 2.27. The Kier molecular flexibility index (Phi) is 3.88. The van der Waals surface area contributed by atoms with E-state index in [9.17, 15) is 5.11 Å². The molecule has 0 amide bonds. The molecule has 0 saturated carbocycles. The summed E-state index contributed by atoms with van der Waals surface area (Å²) >= 11 is 0. The highest BCUT2D eigenvalue weighted by Crippen LogP contribution is 2.16. The lowest BCUT2D eigenvalue weighted by atomic mass is 10.2. The first-order valence-corrected chi connectivity index (χ1v) is 5.74. The van der Waals surface area contributed by atoms with Gasteiger partial charge in [0.25, 0.3) is 0 Å². The number of ether oxygens (including phenoxy) is 1. The highest BCUT2D eigenvalue weighted by atomic mass is 16.5. The Morgan fingerprint density at radius 3 is 3.12 bits per heavy atom. The van der Waals surface area contributed by atoms with Gasteiger partial charge >= 0.3 is 0 Å². The van der Waals surface area contributed by atoms with Crippen LogP contribution >= 0.6 is 0 Å². The van der Waals surface area contributed by atoms with Gasteiger partial charge in [-0.2, -0.15) is 0 Å². The molecule has 0 bridgehead atoms. The van der Waals surface area contributed by atoms with Crippen molar-refractivity contribution in [2.24, 2.45) is 5.73 Å². The maximum Gasteiger partial charge on any atom is 0.226 e. The van der Waals surface area contributed by atoms with Crippen LogP contribution in [0.2, 0.25) is 0 Å². The van der Waals surface area contributed by atoms with Crippen molar-refractivity contribution in [1.29, 1.82) is 0 Å². The fourth-order valence-electron chi connectivity index (χ4n) is 1.92. The first-order chi connectivity index (χ1) is 8.24. The molecule has 1 aromatic heterocycles. The summed E-state index contributed by atoms with van der Waals surface area (Å²) in [5, 5.41) is 9.32. The molecule has 6 nitrogen and oxygen atoms in total. The lowest BCUT2D eigenvalue weighted by Gasteiger charge is -2.34. The minimum absolute atomic E-state index is 0.0370. The molecule has 0 aliphatic carbocycles. The van der Waals surface area contributed by atoms with Crippen molar-refractivity contribution >= 4 is 5.95 Å². The summed E-state index contributed by atoms with van der Waals surface area (Å²) in [5.41, 5.74) is 7.30. The van der Waals surface area contributed by atoms with E-state index >= 15 is 0 Å².